The lowest BCUT2D eigenvalue weighted by Gasteiger charge is -2.23. The number of Topliss-reactive ketones (excluding diaryl/α,β-unsaturated/α-hetero) is 1. The summed E-state index contributed by atoms with van der Waals surface area (Å²) in [6.45, 7) is 0.684. The van der Waals surface area contributed by atoms with Gasteiger partial charge in [-0.25, -0.2) is 0 Å². The first kappa shape index (κ1) is 13.9. The minimum Gasteiger partial charge on any atom is -0.334 e. The third-order valence-electron chi connectivity index (χ3n) is 3.73. The van der Waals surface area contributed by atoms with Gasteiger partial charge in [0, 0.05) is 30.0 Å². The Hall–Kier alpha value is -2.08. The Morgan fingerprint density at radius 3 is 2.81 bits per heavy atom. The van der Waals surface area contributed by atoms with Crippen LogP contribution in [-0.2, 0) is 0 Å². The Labute approximate surface area is 126 Å². The van der Waals surface area contributed by atoms with Crippen molar-refractivity contribution in [3.63, 3.8) is 0 Å². The lowest BCUT2D eigenvalue weighted by atomic mass is 10.0. The van der Waals surface area contributed by atoms with Crippen LogP contribution in [0.4, 0.5) is 0 Å². The van der Waals surface area contributed by atoms with Crippen molar-refractivity contribution in [1.29, 1.82) is 0 Å². The summed E-state index contributed by atoms with van der Waals surface area (Å²) in [4.78, 5) is 26.4. The molecule has 6 heteroatoms. The average molecular weight is 301 g/mol. The molecule has 3 rings (SSSR count). The van der Waals surface area contributed by atoms with Crippen LogP contribution in [0.2, 0.25) is 0 Å². The van der Waals surface area contributed by atoms with Crippen molar-refractivity contribution >= 4 is 23.2 Å². The van der Waals surface area contributed by atoms with E-state index in [4.69, 9.17) is 0 Å². The lowest BCUT2D eigenvalue weighted by molar-refractivity contribution is 0.0711. The highest BCUT2D eigenvalue weighted by Gasteiger charge is 2.32. The number of amides is 1. The summed E-state index contributed by atoms with van der Waals surface area (Å²) < 4.78 is 3.73. The summed E-state index contributed by atoms with van der Waals surface area (Å²) in [7, 11) is 0. The molecule has 5 nitrogen and oxygen atoms in total. The van der Waals surface area contributed by atoms with Gasteiger partial charge in [-0.2, -0.15) is 0 Å². The number of benzene rings is 1. The van der Waals surface area contributed by atoms with E-state index >= 15 is 0 Å². The molecule has 0 unspecified atom stereocenters. The monoisotopic (exact) mass is 301 g/mol. The van der Waals surface area contributed by atoms with Crippen molar-refractivity contribution < 1.29 is 9.59 Å². The molecule has 0 N–H and O–H groups in total. The molecule has 0 saturated carbocycles. The Bertz CT molecular complexity index is 628. The topological polar surface area (TPSA) is 63.2 Å². The molecule has 108 valence electrons. The van der Waals surface area contributed by atoms with Crippen molar-refractivity contribution in [2.75, 3.05) is 6.54 Å². The largest absolute Gasteiger partial charge is 0.334 e. The van der Waals surface area contributed by atoms with E-state index in [1.54, 1.807) is 10.3 Å². The zero-order valence-electron chi connectivity index (χ0n) is 11.4. The normalized spacial score (nSPS) is 17.9. The second kappa shape index (κ2) is 6.13. The van der Waals surface area contributed by atoms with Crippen molar-refractivity contribution in [2.24, 2.45) is 0 Å². The van der Waals surface area contributed by atoms with Crippen LogP contribution in [0.1, 0.15) is 40.1 Å². The fourth-order valence-corrected chi connectivity index (χ4v) is 3.11. The molecule has 1 aromatic heterocycles. The van der Waals surface area contributed by atoms with E-state index in [1.165, 1.54) is 0 Å². The van der Waals surface area contributed by atoms with Gasteiger partial charge in [-0.05, 0) is 24.4 Å². The highest BCUT2D eigenvalue weighted by molar-refractivity contribution is 7.03. The fourth-order valence-electron chi connectivity index (χ4n) is 2.68. The van der Waals surface area contributed by atoms with Crippen LogP contribution in [-0.4, -0.2) is 38.8 Å². The quantitative estimate of drug-likeness (QED) is 0.814. The van der Waals surface area contributed by atoms with Crippen LogP contribution >= 0.6 is 11.5 Å². The fraction of sp³-hybridized carbons (Fsp3) is 0.333. The standard InChI is InChI=1S/C15H15N3O2S/c19-14(11-5-2-1-3-6-11)9-12-7-4-8-18(12)15(20)13-10-21-17-16-13/h1-3,5-6,10,12H,4,7-9H2/t12-/m1/s1. The van der Waals surface area contributed by atoms with E-state index < -0.39 is 0 Å². The van der Waals surface area contributed by atoms with Crippen LogP contribution < -0.4 is 0 Å². The number of aromatic nitrogens is 2. The molecule has 1 saturated heterocycles. The van der Waals surface area contributed by atoms with Gasteiger partial charge in [0.2, 0.25) is 0 Å². The molecule has 1 aliphatic heterocycles. The van der Waals surface area contributed by atoms with Crippen LogP contribution in [0, 0.1) is 0 Å². The average Bonchev–Trinajstić information content (AvgIpc) is 3.19. The van der Waals surface area contributed by atoms with Gasteiger partial charge in [-0.3, -0.25) is 9.59 Å². The van der Waals surface area contributed by atoms with Crippen molar-refractivity contribution in [3.8, 4) is 0 Å². The smallest absolute Gasteiger partial charge is 0.275 e. The summed E-state index contributed by atoms with van der Waals surface area (Å²) in [6.07, 6.45) is 2.16. The molecule has 0 bridgehead atoms. The molecule has 0 spiro atoms. The Balaban J connectivity index is 1.70. The zero-order chi connectivity index (χ0) is 14.7. The molecular weight excluding hydrogens is 286 g/mol. The summed E-state index contributed by atoms with van der Waals surface area (Å²) in [5, 5.41) is 5.47. The van der Waals surface area contributed by atoms with E-state index in [2.05, 4.69) is 9.59 Å². The van der Waals surface area contributed by atoms with Crippen LogP contribution in [0.15, 0.2) is 35.7 Å². The molecule has 2 heterocycles. The molecule has 1 atom stereocenters. The Kier molecular flexibility index (Phi) is 4.06. The van der Waals surface area contributed by atoms with Gasteiger partial charge in [0.1, 0.15) is 0 Å². The number of ketones is 1. The van der Waals surface area contributed by atoms with Gasteiger partial charge >= 0.3 is 0 Å². The molecule has 1 amide bonds. The highest BCUT2D eigenvalue weighted by Crippen LogP contribution is 2.23. The molecule has 0 aliphatic carbocycles. The van der Waals surface area contributed by atoms with Gasteiger partial charge in [0.25, 0.3) is 5.91 Å². The molecule has 1 aromatic carbocycles. The van der Waals surface area contributed by atoms with Gasteiger partial charge < -0.3 is 4.90 Å². The molecule has 1 aliphatic rings. The first-order valence-electron chi connectivity index (χ1n) is 6.92. The Morgan fingerprint density at radius 2 is 2.10 bits per heavy atom. The van der Waals surface area contributed by atoms with E-state index in [1.807, 2.05) is 30.3 Å². The van der Waals surface area contributed by atoms with E-state index in [0.717, 1.165) is 24.4 Å². The number of hydrogen-bond acceptors (Lipinski definition) is 5. The van der Waals surface area contributed by atoms with Gasteiger partial charge in [0.05, 0.1) is 0 Å². The predicted octanol–water partition coefficient (Wildman–Crippen LogP) is 2.42. The highest BCUT2D eigenvalue weighted by atomic mass is 32.1. The minimum atomic E-state index is -0.118. The summed E-state index contributed by atoms with van der Waals surface area (Å²) >= 11 is 1.16. The molecule has 2 aromatic rings. The molecule has 0 radical (unpaired) electrons. The maximum atomic E-state index is 12.4. The summed E-state index contributed by atoms with van der Waals surface area (Å²) in [5.74, 6) is -0.0381. The van der Waals surface area contributed by atoms with Crippen molar-refractivity contribution in [3.05, 3.63) is 47.0 Å². The Morgan fingerprint density at radius 1 is 1.29 bits per heavy atom. The molecule has 21 heavy (non-hydrogen) atoms. The maximum Gasteiger partial charge on any atom is 0.275 e. The number of carbonyl (C=O) groups excluding carboxylic acids is 2. The maximum absolute atomic E-state index is 12.4. The van der Waals surface area contributed by atoms with Crippen molar-refractivity contribution in [2.45, 2.75) is 25.3 Å². The van der Waals surface area contributed by atoms with Crippen LogP contribution in [0.5, 0.6) is 0 Å². The third-order valence-corrected chi connectivity index (χ3v) is 4.24. The summed E-state index contributed by atoms with van der Waals surface area (Å²) in [6, 6.07) is 9.18. The predicted molar refractivity (Wildman–Crippen MR) is 79.4 cm³/mol. The van der Waals surface area contributed by atoms with E-state index in [9.17, 15) is 9.59 Å². The zero-order valence-corrected chi connectivity index (χ0v) is 12.3. The first-order chi connectivity index (χ1) is 10.3. The van der Waals surface area contributed by atoms with Gasteiger partial charge in [0.15, 0.2) is 11.5 Å². The second-order valence-corrected chi connectivity index (χ2v) is 5.69. The van der Waals surface area contributed by atoms with Crippen molar-refractivity contribution in [1.82, 2.24) is 14.5 Å². The van der Waals surface area contributed by atoms with E-state index in [0.29, 0.717) is 24.2 Å². The lowest BCUT2D eigenvalue weighted by Crippen LogP contribution is -2.37. The number of hydrogen-bond donors (Lipinski definition) is 0. The van der Waals surface area contributed by atoms with E-state index in [-0.39, 0.29) is 17.7 Å². The van der Waals surface area contributed by atoms with Gasteiger partial charge in [-0.15, -0.1) is 5.10 Å². The minimum absolute atomic E-state index is 0.0353. The summed E-state index contributed by atoms with van der Waals surface area (Å²) in [5.41, 5.74) is 1.08. The second-order valence-electron chi connectivity index (χ2n) is 5.08. The first-order valence-corrected chi connectivity index (χ1v) is 7.75. The van der Waals surface area contributed by atoms with Crippen LogP contribution in [0.25, 0.3) is 0 Å². The molecular formula is C15H15N3O2S. The number of rotatable bonds is 4. The van der Waals surface area contributed by atoms with Crippen LogP contribution in [0.3, 0.4) is 0 Å². The number of likely N-dealkylation sites (tertiary alicyclic amines) is 1. The van der Waals surface area contributed by atoms with Gasteiger partial charge in [-0.1, -0.05) is 34.8 Å². The number of carbonyl (C=O) groups is 2. The SMILES string of the molecule is O=C(C[C@H]1CCCN1C(=O)c1csnn1)c1ccccc1. The third kappa shape index (κ3) is 3.00. The molecule has 1 fully saturated rings. The number of nitrogens with zero attached hydrogens (tertiary/aromatic N) is 3.